The molecule has 1 amide bonds. The maximum absolute atomic E-state index is 13.9. The van der Waals surface area contributed by atoms with E-state index in [1.165, 1.54) is 0 Å². The molecule has 0 unspecified atom stereocenters. The number of carbonyl (C=O) groups is 3. The van der Waals surface area contributed by atoms with E-state index in [4.69, 9.17) is 9.47 Å². The number of benzene rings is 2. The van der Waals surface area contributed by atoms with E-state index in [0.717, 1.165) is 52.2 Å². The molecule has 43 heavy (non-hydrogen) atoms. The van der Waals surface area contributed by atoms with Crippen LogP contribution in [0, 0.1) is 17.8 Å². The van der Waals surface area contributed by atoms with Crippen molar-refractivity contribution >= 4 is 23.2 Å². The lowest BCUT2D eigenvalue weighted by Gasteiger charge is -2.48. The lowest BCUT2D eigenvalue weighted by atomic mass is 9.63. The Hall–Kier alpha value is -3.87. The van der Waals surface area contributed by atoms with Crippen molar-refractivity contribution in [1.82, 2.24) is 4.90 Å². The standard InChI is InChI=1S/C36H44N2O5/c1-8-38-25-17-35(4,5)19-27(39)33(25)32(34-26(38)18-36(6,7)20-28(34)40)23-14-15-29(30(16-23)42-9-2)43-21-31(41)37-24-13-11-10-12-22(24)3/h10-16,32H,8-9,17-21H2,1-7H3,(H,37,41). The SMILES string of the molecule is CCOc1cc(C2C3=C(CC(C)(C)CC3=O)N(CC)C3=C2C(=O)CC(C)(C)C3)ccc1OCC(=O)Nc1ccccc1C. The average molecular weight is 585 g/mol. The molecule has 7 nitrogen and oxygen atoms in total. The van der Waals surface area contributed by atoms with Crippen LogP contribution in [0.5, 0.6) is 11.5 Å². The van der Waals surface area contributed by atoms with Gasteiger partial charge in [0.05, 0.1) is 6.61 Å². The lowest BCUT2D eigenvalue weighted by molar-refractivity contribution is -0.120. The number of rotatable bonds is 8. The third kappa shape index (κ3) is 6.13. The van der Waals surface area contributed by atoms with Crippen molar-refractivity contribution in [2.24, 2.45) is 10.8 Å². The highest BCUT2D eigenvalue weighted by Gasteiger charge is 2.48. The number of hydrogen-bond donors (Lipinski definition) is 1. The predicted molar refractivity (Wildman–Crippen MR) is 168 cm³/mol. The molecule has 228 valence electrons. The summed E-state index contributed by atoms with van der Waals surface area (Å²) in [5.74, 6) is 0.390. The number of Topliss-reactive ketones (excluding diaryl/α,β-unsaturated/α-hetero) is 2. The molecule has 5 rings (SSSR count). The first-order chi connectivity index (χ1) is 20.3. The summed E-state index contributed by atoms with van der Waals surface area (Å²) >= 11 is 0. The number of amides is 1. The van der Waals surface area contributed by atoms with Crippen molar-refractivity contribution in [2.75, 3.05) is 25.1 Å². The molecule has 0 atom stereocenters. The van der Waals surface area contributed by atoms with Crippen LogP contribution in [0.4, 0.5) is 5.69 Å². The van der Waals surface area contributed by atoms with Crippen molar-refractivity contribution < 1.29 is 23.9 Å². The molecule has 1 N–H and O–H groups in total. The molecule has 7 heteroatoms. The van der Waals surface area contributed by atoms with Crippen molar-refractivity contribution in [3.05, 3.63) is 76.1 Å². The van der Waals surface area contributed by atoms with Gasteiger partial charge in [0.1, 0.15) is 0 Å². The summed E-state index contributed by atoms with van der Waals surface area (Å²) in [6.45, 7) is 15.4. The van der Waals surface area contributed by atoms with Crippen LogP contribution in [-0.4, -0.2) is 42.1 Å². The normalized spacial score (nSPS) is 19.7. The highest BCUT2D eigenvalue weighted by atomic mass is 16.5. The van der Waals surface area contributed by atoms with E-state index >= 15 is 0 Å². The topological polar surface area (TPSA) is 84.9 Å². The minimum atomic E-state index is -0.461. The molecule has 0 bridgehead atoms. The number of ether oxygens (including phenoxy) is 2. The number of carbonyl (C=O) groups excluding carboxylic acids is 3. The zero-order chi connectivity index (χ0) is 31.1. The second kappa shape index (κ2) is 11.7. The number of anilines is 1. The Morgan fingerprint density at radius 3 is 2.02 bits per heavy atom. The van der Waals surface area contributed by atoms with Crippen LogP contribution in [0.3, 0.4) is 0 Å². The van der Waals surface area contributed by atoms with Crippen LogP contribution >= 0.6 is 0 Å². The van der Waals surface area contributed by atoms with Crippen LogP contribution in [-0.2, 0) is 14.4 Å². The predicted octanol–water partition coefficient (Wildman–Crippen LogP) is 7.12. The fourth-order valence-corrected chi connectivity index (χ4v) is 6.90. The zero-order valence-electron chi connectivity index (χ0n) is 26.6. The summed E-state index contributed by atoms with van der Waals surface area (Å²) in [7, 11) is 0. The van der Waals surface area contributed by atoms with Gasteiger partial charge in [0.15, 0.2) is 29.7 Å². The first kappa shape index (κ1) is 30.6. The van der Waals surface area contributed by atoms with E-state index in [2.05, 4.69) is 44.8 Å². The number of hydrogen-bond acceptors (Lipinski definition) is 6. The summed E-state index contributed by atoms with van der Waals surface area (Å²) in [5, 5.41) is 2.89. The summed E-state index contributed by atoms with van der Waals surface area (Å²) in [6, 6.07) is 13.2. The molecule has 0 fully saturated rings. The monoisotopic (exact) mass is 584 g/mol. The quantitative estimate of drug-likeness (QED) is 0.356. The minimum Gasteiger partial charge on any atom is -0.490 e. The Morgan fingerprint density at radius 2 is 1.47 bits per heavy atom. The Balaban J connectivity index is 1.53. The van der Waals surface area contributed by atoms with Gasteiger partial charge in [-0.25, -0.2) is 0 Å². The summed E-state index contributed by atoms with van der Waals surface area (Å²) in [5.41, 5.74) is 5.78. The number of para-hydroxylation sites is 1. The maximum Gasteiger partial charge on any atom is 0.262 e. The minimum absolute atomic E-state index is 0.102. The first-order valence-corrected chi connectivity index (χ1v) is 15.4. The summed E-state index contributed by atoms with van der Waals surface area (Å²) in [4.78, 5) is 42.8. The van der Waals surface area contributed by atoms with Gasteiger partial charge in [-0.3, -0.25) is 14.4 Å². The zero-order valence-corrected chi connectivity index (χ0v) is 26.6. The number of nitrogens with zero attached hydrogens (tertiary/aromatic N) is 1. The first-order valence-electron chi connectivity index (χ1n) is 15.4. The molecule has 2 aliphatic carbocycles. The van der Waals surface area contributed by atoms with E-state index in [9.17, 15) is 14.4 Å². The number of ketones is 2. The van der Waals surface area contributed by atoms with E-state index in [1.54, 1.807) is 6.07 Å². The molecule has 2 aromatic carbocycles. The number of allylic oxidation sites excluding steroid dienone is 4. The van der Waals surface area contributed by atoms with Crippen LogP contribution in [0.25, 0.3) is 0 Å². The van der Waals surface area contributed by atoms with Gasteiger partial charge in [-0.1, -0.05) is 52.0 Å². The third-order valence-corrected chi connectivity index (χ3v) is 8.72. The smallest absolute Gasteiger partial charge is 0.262 e. The Labute approximate surface area is 255 Å². The van der Waals surface area contributed by atoms with Crippen molar-refractivity contribution in [3.63, 3.8) is 0 Å². The van der Waals surface area contributed by atoms with Gasteiger partial charge in [0, 0.05) is 53.5 Å². The second-order valence-electron chi connectivity index (χ2n) is 13.6. The van der Waals surface area contributed by atoms with Gasteiger partial charge in [0.25, 0.3) is 5.91 Å². The molecule has 1 heterocycles. The van der Waals surface area contributed by atoms with Gasteiger partial charge in [0.2, 0.25) is 0 Å². The fourth-order valence-electron chi connectivity index (χ4n) is 6.90. The molecule has 2 aromatic rings. The molecule has 3 aliphatic rings. The van der Waals surface area contributed by atoms with Gasteiger partial charge >= 0.3 is 0 Å². The average Bonchev–Trinajstić information content (AvgIpc) is 2.91. The molecule has 0 aromatic heterocycles. The van der Waals surface area contributed by atoms with Crippen molar-refractivity contribution in [2.45, 2.75) is 80.1 Å². The maximum atomic E-state index is 13.9. The van der Waals surface area contributed by atoms with Crippen LogP contribution < -0.4 is 14.8 Å². The second-order valence-corrected chi connectivity index (χ2v) is 13.6. The summed E-state index contributed by atoms with van der Waals surface area (Å²) in [6.07, 6.45) is 2.44. The molecular formula is C36H44N2O5. The van der Waals surface area contributed by atoms with E-state index in [1.807, 2.05) is 50.2 Å². The number of nitrogens with one attached hydrogen (secondary N) is 1. The van der Waals surface area contributed by atoms with Gasteiger partial charge in [-0.15, -0.1) is 0 Å². The summed E-state index contributed by atoms with van der Waals surface area (Å²) < 4.78 is 12.0. The lowest BCUT2D eigenvalue weighted by Crippen LogP contribution is -2.44. The Bertz CT molecular complexity index is 1480. The van der Waals surface area contributed by atoms with Crippen LogP contribution in [0.15, 0.2) is 65.0 Å². The van der Waals surface area contributed by atoms with E-state index in [-0.39, 0.29) is 34.9 Å². The molecule has 0 saturated carbocycles. The Kier molecular flexibility index (Phi) is 8.30. The van der Waals surface area contributed by atoms with Gasteiger partial charge in [-0.05, 0) is 73.8 Å². The van der Waals surface area contributed by atoms with E-state index in [0.29, 0.717) is 37.5 Å². The van der Waals surface area contributed by atoms with Gasteiger partial charge in [-0.2, -0.15) is 0 Å². The van der Waals surface area contributed by atoms with Gasteiger partial charge < -0.3 is 19.7 Å². The molecular weight excluding hydrogens is 540 g/mol. The molecule has 0 spiro atoms. The molecule has 0 saturated heterocycles. The largest absolute Gasteiger partial charge is 0.490 e. The van der Waals surface area contributed by atoms with Crippen LogP contribution in [0.1, 0.15) is 84.3 Å². The fraction of sp³-hybridized carbons (Fsp3) is 0.472. The highest BCUT2D eigenvalue weighted by Crippen LogP contribution is 2.54. The molecule has 0 radical (unpaired) electrons. The Morgan fingerprint density at radius 1 is 0.860 bits per heavy atom. The third-order valence-electron chi connectivity index (χ3n) is 8.72. The van der Waals surface area contributed by atoms with Crippen molar-refractivity contribution in [1.29, 1.82) is 0 Å². The van der Waals surface area contributed by atoms with Crippen molar-refractivity contribution in [3.8, 4) is 11.5 Å². The highest BCUT2D eigenvalue weighted by molar-refractivity contribution is 6.06. The molecule has 1 aliphatic heterocycles. The number of aryl methyl sites for hydroxylation is 1. The van der Waals surface area contributed by atoms with Crippen LogP contribution in [0.2, 0.25) is 0 Å². The van der Waals surface area contributed by atoms with E-state index < -0.39 is 5.92 Å².